The normalized spacial score (nSPS) is 12.7. The van der Waals surface area contributed by atoms with Gasteiger partial charge < -0.3 is 9.80 Å². The quantitative estimate of drug-likeness (QED) is 0.111. The maximum Gasteiger partial charge on any atom is 0.0534 e. The standard InChI is InChI=1S/C70H48N2/c1-3-19-57(20-4-1)69-61-45-35-51(29-27-49-31-41-59(42-32-49)71-65-23-11-7-15-53(65)37-38-54-16-8-12-24-66(54)71)47-63(61)64-48-52(36-46-62(64)70(69)58-21-5-2-6-22-58)30-28-50-33-43-60(44-34-50)72-67-25-13-9-17-55(67)39-40-56-18-10-14-26-68(56)72/h1-48H/b29-27+,30-28+. The molecule has 2 heteroatoms. The molecule has 0 aliphatic carbocycles. The van der Waals surface area contributed by atoms with Crippen LogP contribution in [0.5, 0.6) is 0 Å². The summed E-state index contributed by atoms with van der Waals surface area (Å²) in [6.07, 6.45) is 17.8. The first-order valence-electron chi connectivity index (χ1n) is 24.7. The predicted octanol–water partition coefficient (Wildman–Crippen LogP) is 19.6. The minimum Gasteiger partial charge on any atom is -0.309 e. The summed E-state index contributed by atoms with van der Waals surface area (Å²) >= 11 is 0. The molecule has 0 saturated carbocycles. The van der Waals surface area contributed by atoms with Crippen molar-refractivity contribution < 1.29 is 0 Å². The van der Waals surface area contributed by atoms with Crippen molar-refractivity contribution in [3.8, 4) is 22.3 Å². The van der Waals surface area contributed by atoms with E-state index in [1.165, 1.54) is 88.8 Å². The van der Waals surface area contributed by atoms with Crippen LogP contribution in [-0.2, 0) is 0 Å². The Morgan fingerprint density at radius 1 is 0.236 bits per heavy atom. The molecular weight excluding hydrogens is 869 g/mol. The molecule has 2 aliphatic heterocycles. The van der Waals surface area contributed by atoms with Crippen LogP contribution in [0.3, 0.4) is 0 Å². The summed E-state index contributed by atoms with van der Waals surface area (Å²) in [5.41, 5.74) is 21.2. The first kappa shape index (κ1) is 42.6. The second-order valence-electron chi connectivity index (χ2n) is 18.5. The summed E-state index contributed by atoms with van der Waals surface area (Å²) < 4.78 is 0. The van der Waals surface area contributed by atoms with E-state index >= 15 is 0 Å². The Labute approximate surface area is 421 Å². The molecule has 0 spiro atoms. The zero-order chi connectivity index (χ0) is 47.8. The van der Waals surface area contributed by atoms with E-state index in [9.17, 15) is 0 Å². The molecule has 0 unspecified atom stereocenters. The molecule has 0 radical (unpaired) electrons. The molecule has 11 aromatic carbocycles. The minimum atomic E-state index is 1.13. The van der Waals surface area contributed by atoms with Gasteiger partial charge in [-0.25, -0.2) is 0 Å². The van der Waals surface area contributed by atoms with Gasteiger partial charge in [0.2, 0.25) is 0 Å². The van der Waals surface area contributed by atoms with Crippen LogP contribution < -0.4 is 9.80 Å². The summed E-state index contributed by atoms with van der Waals surface area (Å²) in [7, 11) is 0. The Kier molecular flexibility index (Phi) is 10.9. The average Bonchev–Trinajstić information content (AvgIpc) is 3.73. The Bertz CT molecular complexity index is 3590. The molecule has 0 N–H and O–H groups in total. The molecule has 0 fully saturated rings. The summed E-state index contributed by atoms with van der Waals surface area (Å²) in [5, 5.41) is 4.90. The minimum absolute atomic E-state index is 1.13. The topological polar surface area (TPSA) is 6.48 Å². The molecule has 0 bridgehead atoms. The van der Waals surface area contributed by atoms with Gasteiger partial charge in [-0.1, -0.05) is 231 Å². The second kappa shape index (κ2) is 18.4. The number of fused-ring (bicyclic) bond motifs is 7. The Hall–Kier alpha value is -9.50. The van der Waals surface area contributed by atoms with Gasteiger partial charge in [0.15, 0.2) is 0 Å². The predicted molar refractivity (Wildman–Crippen MR) is 310 cm³/mol. The number of benzene rings is 11. The van der Waals surface area contributed by atoms with E-state index in [1.807, 2.05) is 0 Å². The summed E-state index contributed by atoms with van der Waals surface area (Å²) in [4.78, 5) is 4.74. The summed E-state index contributed by atoms with van der Waals surface area (Å²) in [6, 6.07) is 88.0. The lowest BCUT2D eigenvalue weighted by Gasteiger charge is -2.27. The molecule has 2 nitrogen and oxygen atoms in total. The third kappa shape index (κ3) is 7.92. The van der Waals surface area contributed by atoms with Crippen LogP contribution in [0.1, 0.15) is 44.5 Å². The van der Waals surface area contributed by atoms with Gasteiger partial charge in [-0.05, 0) is 149 Å². The molecule has 2 heterocycles. The van der Waals surface area contributed by atoms with Crippen LogP contribution in [0.25, 0.3) is 92.4 Å². The van der Waals surface area contributed by atoms with Crippen LogP contribution in [0, 0.1) is 0 Å². The fraction of sp³-hybridized carbons (Fsp3) is 0. The number of rotatable bonds is 8. The van der Waals surface area contributed by atoms with E-state index in [0.717, 1.165) is 33.6 Å². The molecule has 0 saturated heterocycles. The van der Waals surface area contributed by atoms with Crippen molar-refractivity contribution in [2.45, 2.75) is 0 Å². The first-order valence-corrected chi connectivity index (χ1v) is 24.7. The van der Waals surface area contributed by atoms with Gasteiger partial charge in [0.1, 0.15) is 0 Å². The SMILES string of the molecule is C1=Cc2ccccc2N(c2ccc(/C=C/c3ccc4c(-c5ccccc5)c(-c5ccccc5)c5ccc(/C=C/c6ccc(N7c8ccccc8C=Cc8ccccc87)cc6)cc5c4c3)cc2)c2ccccc21. The molecule has 13 rings (SSSR count). The van der Waals surface area contributed by atoms with Crippen LogP contribution in [-0.4, -0.2) is 0 Å². The summed E-state index contributed by atoms with van der Waals surface area (Å²) in [5.74, 6) is 0. The van der Waals surface area contributed by atoms with Crippen LogP contribution in [0.4, 0.5) is 34.1 Å². The van der Waals surface area contributed by atoms with E-state index in [-0.39, 0.29) is 0 Å². The van der Waals surface area contributed by atoms with Gasteiger partial charge in [-0.15, -0.1) is 0 Å². The molecule has 0 atom stereocenters. The van der Waals surface area contributed by atoms with Crippen molar-refractivity contribution in [2.75, 3.05) is 9.80 Å². The zero-order valence-corrected chi connectivity index (χ0v) is 39.6. The number of anilines is 6. The van der Waals surface area contributed by atoms with E-state index in [0.29, 0.717) is 0 Å². The molecule has 338 valence electrons. The lowest BCUT2D eigenvalue weighted by atomic mass is 9.84. The second-order valence-corrected chi connectivity index (χ2v) is 18.5. The smallest absolute Gasteiger partial charge is 0.0534 e. The third-order valence-corrected chi connectivity index (χ3v) is 14.1. The van der Waals surface area contributed by atoms with Crippen molar-refractivity contribution in [1.82, 2.24) is 0 Å². The molecule has 0 aromatic heterocycles. The van der Waals surface area contributed by atoms with Crippen molar-refractivity contribution in [3.05, 3.63) is 287 Å². The number of hydrogen-bond donors (Lipinski definition) is 0. The third-order valence-electron chi connectivity index (χ3n) is 14.1. The molecule has 11 aromatic rings. The fourth-order valence-electron chi connectivity index (χ4n) is 10.6. The zero-order valence-electron chi connectivity index (χ0n) is 39.6. The van der Waals surface area contributed by atoms with Crippen molar-refractivity contribution in [3.63, 3.8) is 0 Å². The monoisotopic (exact) mass is 916 g/mol. The average molecular weight is 917 g/mol. The fourth-order valence-corrected chi connectivity index (χ4v) is 10.6. The van der Waals surface area contributed by atoms with Gasteiger partial charge in [-0.2, -0.15) is 0 Å². The highest BCUT2D eigenvalue weighted by atomic mass is 15.2. The van der Waals surface area contributed by atoms with Gasteiger partial charge >= 0.3 is 0 Å². The number of hydrogen-bond acceptors (Lipinski definition) is 2. The lowest BCUT2D eigenvalue weighted by Crippen LogP contribution is -2.11. The lowest BCUT2D eigenvalue weighted by molar-refractivity contribution is 1.28. The highest BCUT2D eigenvalue weighted by molar-refractivity contribution is 6.22. The van der Waals surface area contributed by atoms with Gasteiger partial charge in [0.05, 0.1) is 22.7 Å². The maximum atomic E-state index is 2.38. The molecule has 0 amide bonds. The Morgan fingerprint density at radius 2 is 0.528 bits per heavy atom. The van der Waals surface area contributed by atoms with Crippen molar-refractivity contribution >= 4 is 104 Å². The Balaban J connectivity index is 0.876. The van der Waals surface area contributed by atoms with Crippen LogP contribution >= 0.6 is 0 Å². The van der Waals surface area contributed by atoms with Gasteiger partial charge in [0.25, 0.3) is 0 Å². The van der Waals surface area contributed by atoms with E-state index in [2.05, 4.69) is 301 Å². The van der Waals surface area contributed by atoms with E-state index in [4.69, 9.17) is 0 Å². The molecule has 72 heavy (non-hydrogen) atoms. The van der Waals surface area contributed by atoms with E-state index < -0.39 is 0 Å². The van der Waals surface area contributed by atoms with Gasteiger partial charge in [0, 0.05) is 11.4 Å². The van der Waals surface area contributed by atoms with Gasteiger partial charge in [-0.3, -0.25) is 0 Å². The largest absolute Gasteiger partial charge is 0.309 e. The Morgan fingerprint density at radius 3 is 0.875 bits per heavy atom. The van der Waals surface area contributed by atoms with E-state index in [1.54, 1.807) is 0 Å². The van der Waals surface area contributed by atoms with Crippen molar-refractivity contribution in [2.24, 2.45) is 0 Å². The molecule has 2 aliphatic rings. The van der Waals surface area contributed by atoms with Crippen LogP contribution in [0.15, 0.2) is 243 Å². The highest BCUT2D eigenvalue weighted by Crippen LogP contribution is 2.47. The van der Waals surface area contributed by atoms with Crippen molar-refractivity contribution in [1.29, 1.82) is 0 Å². The maximum absolute atomic E-state index is 2.38. The summed E-state index contributed by atoms with van der Waals surface area (Å²) in [6.45, 7) is 0. The number of nitrogens with zero attached hydrogens (tertiary/aromatic N) is 2. The first-order chi connectivity index (χ1) is 35.7. The number of para-hydroxylation sites is 4. The van der Waals surface area contributed by atoms with Crippen LogP contribution in [0.2, 0.25) is 0 Å². The molecular formula is C70H48N2. The highest BCUT2D eigenvalue weighted by Gasteiger charge is 2.22.